The molecule has 0 saturated heterocycles. The summed E-state index contributed by atoms with van der Waals surface area (Å²) in [6, 6.07) is 5.56. The van der Waals surface area contributed by atoms with E-state index in [0.29, 0.717) is 31.0 Å². The lowest BCUT2D eigenvalue weighted by Gasteiger charge is -2.21. The lowest BCUT2D eigenvalue weighted by atomic mass is 10.1. The van der Waals surface area contributed by atoms with Crippen LogP contribution in [0.3, 0.4) is 0 Å². The van der Waals surface area contributed by atoms with E-state index in [-0.39, 0.29) is 12.4 Å². The van der Waals surface area contributed by atoms with Gasteiger partial charge in [-0.1, -0.05) is 6.07 Å². The van der Waals surface area contributed by atoms with E-state index in [1.54, 1.807) is 20.3 Å². The number of aliphatic hydroxyl groups is 1. The molecule has 0 aliphatic rings. The van der Waals surface area contributed by atoms with E-state index in [0.717, 1.165) is 12.1 Å². The SMILES string of the molecule is COCCN(CCO)Cc1ccc(C(=N)N)c(OC)c1. The van der Waals surface area contributed by atoms with E-state index in [4.69, 9.17) is 25.7 Å². The molecular weight excluding hydrogens is 258 g/mol. The predicted molar refractivity (Wildman–Crippen MR) is 78.2 cm³/mol. The molecular formula is C14H23N3O3. The fraction of sp³-hybridized carbons (Fsp3) is 0.500. The third-order valence-electron chi connectivity index (χ3n) is 2.99. The first-order valence-electron chi connectivity index (χ1n) is 6.45. The number of hydrogen-bond donors (Lipinski definition) is 3. The standard InChI is InChI=1S/C14H23N3O3/c1-19-8-6-17(5-7-18)10-11-3-4-12(14(15)16)13(9-11)20-2/h3-4,9,18H,5-8,10H2,1-2H3,(H3,15,16). The number of methoxy groups -OCH3 is 2. The topological polar surface area (TPSA) is 91.8 Å². The fourth-order valence-corrected chi connectivity index (χ4v) is 1.95. The first-order chi connectivity index (χ1) is 9.62. The summed E-state index contributed by atoms with van der Waals surface area (Å²) in [6.45, 7) is 2.72. The van der Waals surface area contributed by atoms with Crippen molar-refractivity contribution in [3.63, 3.8) is 0 Å². The molecule has 0 saturated carbocycles. The highest BCUT2D eigenvalue weighted by atomic mass is 16.5. The Morgan fingerprint density at radius 1 is 1.35 bits per heavy atom. The zero-order valence-corrected chi connectivity index (χ0v) is 12.1. The van der Waals surface area contributed by atoms with Crippen molar-refractivity contribution in [2.75, 3.05) is 40.5 Å². The monoisotopic (exact) mass is 281 g/mol. The highest BCUT2D eigenvalue weighted by Crippen LogP contribution is 2.20. The van der Waals surface area contributed by atoms with Crippen molar-refractivity contribution in [3.8, 4) is 5.75 Å². The molecule has 1 aromatic rings. The van der Waals surface area contributed by atoms with Gasteiger partial charge >= 0.3 is 0 Å². The summed E-state index contributed by atoms with van der Waals surface area (Å²) in [7, 11) is 3.21. The van der Waals surface area contributed by atoms with Gasteiger partial charge in [0.25, 0.3) is 0 Å². The Bertz CT molecular complexity index is 438. The second-order valence-corrected chi connectivity index (χ2v) is 4.44. The van der Waals surface area contributed by atoms with E-state index in [1.165, 1.54) is 0 Å². The van der Waals surface area contributed by atoms with Gasteiger partial charge in [0, 0.05) is 26.7 Å². The van der Waals surface area contributed by atoms with Crippen LogP contribution in [0.15, 0.2) is 18.2 Å². The van der Waals surface area contributed by atoms with Crippen molar-refractivity contribution in [3.05, 3.63) is 29.3 Å². The summed E-state index contributed by atoms with van der Waals surface area (Å²) in [4.78, 5) is 2.09. The molecule has 20 heavy (non-hydrogen) atoms. The second-order valence-electron chi connectivity index (χ2n) is 4.44. The normalized spacial score (nSPS) is 10.8. The molecule has 6 heteroatoms. The minimum Gasteiger partial charge on any atom is -0.496 e. The maximum atomic E-state index is 9.08. The van der Waals surface area contributed by atoms with Crippen LogP contribution in [0, 0.1) is 5.41 Å². The van der Waals surface area contributed by atoms with E-state index >= 15 is 0 Å². The molecule has 0 spiro atoms. The third-order valence-corrected chi connectivity index (χ3v) is 2.99. The molecule has 0 aromatic heterocycles. The van der Waals surface area contributed by atoms with Gasteiger partial charge in [0.1, 0.15) is 11.6 Å². The summed E-state index contributed by atoms with van der Waals surface area (Å²) >= 11 is 0. The van der Waals surface area contributed by atoms with Gasteiger partial charge in [-0.25, -0.2) is 0 Å². The van der Waals surface area contributed by atoms with Crippen LogP contribution < -0.4 is 10.5 Å². The molecule has 1 rings (SSSR count). The quantitative estimate of drug-likeness (QED) is 0.451. The van der Waals surface area contributed by atoms with Crippen molar-refractivity contribution in [1.29, 1.82) is 5.41 Å². The van der Waals surface area contributed by atoms with Gasteiger partial charge in [-0.3, -0.25) is 10.3 Å². The van der Waals surface area contributed by atoms with Gasteiger partial charge in [0.2, 0.25) is 0 Å². The zero-order chi connectivity index (χ0) is 15.0. The number of ether oxygens (including phenoxy) is 2. The largest absolute Gasteiger partial charge is 0.496 e. The lowest BCUT2D eigenvalue weighted by molar-refractivity contribution is 0.127. The Labute approximate surface area is 119 Å². The van der Waals surface area contributed by atoms with E-state index in [2.05, 4.69) is 4.90 Å². The van der Waals surface area contributed by atoms with Crippen LogP contribution in [0.4, 0.5) is 0 Å². The van der Waals surface area contributed by atoms with Crippen LogP contribution in [0.25, 0.3) is 0 Å². The lowest BCUT2D eigenvalue weighted by Crippen LogP contribution is -2.29. The first kappa shape index (κ1) is 16.4. The highest BCUT2D eigenvalue weighted by molar-refractivity contribution is 5.97. The molecule has 112 valence electrons. The van der Waals surface area contributed by atoms with Crippen LogP contribution in [0.2, 0.25) is 0 Å². The number of rotatable bonds is 9. The number of nitrogens with one attached hydrogen (secondary N) is 1. The van der Waals surface area contributed by atoms with Crippen LogP contribution in [0.1, 0.15) is 11.1 Å². The fourth-order valence-electron chi connectivity index (χ4n) is 1.95. The molecule has 0 aliphatic carbocycles. The first-order valence-corrected chi connectivity index (χ1v) is 6.45. The molecule has 0 bridgehead atoms. The number of benzene rings is 1. The van der Waals surface area contributed by atoms with E-state index in [1.807, 2.05) is 12.1 Å². The summed E-state index contributed by atoms with van der Waals surface area (Å²) in [5, 5.41) is 16.6. The van der Waals surface area contributed by atoms with Gasteiger partial charge in [-0.05, 0) is 17.7 Å². The third kappa shape index (κ3) is 4.80. The number of aliphatic hydroxyl groups excluding tert-OH is 1. The molecule has 0 heterocycles. The minimum atomic E-state index is -0.0139. The maximum absolute atomic E-state index is 9.08. The molecule has 1 aromatic carbocycles. The number of hydrogen-bond acceptors (Lipinski definition) is 5. The summed E-state index contributed by atoms with van der Waals surface area (Å²) in [5.41, 5.74) is 7.12. The molecule has 0 unspecified atom stereocenters. The molecule has 4 N–H and O–H groups in total. The van der Waals surface area contributed by atoms with E-state index < -0.39 is 0 Å². The zero-order valence-electron chi connectivity index (χ0n) is 12.1. The Morgan fingerprint density at radius 3 is 2.65 bits per heavy atom. The smallest absolute Gasteiger partial charge is 0.130 e. The second kappa shape index (κ2) is 8.52. The number of nitrogens with two attached hydrogens (primary N) is 1. The van der Waals surface area contributed by atoms with Crippen LogP contribution in [-0.4, -0.2) is 56.4 Å². The van der Waals surface area contributed by atoms with Crippen LogP contribution >= 0.6 is 0 Å². The molecule has 0 atom stereocenters. The van der Waals surface area contributed by atoms with Gasteiger partial charge in [-0.15, -0.1) is 0 Å². The summed E-state index contributed by atoms with van der Waals surface area (Å²) < 4.78 is 10.3. The van der Waals surface area contributed by atoms with Crippen molar-refractivity contribution in [2.45, 2.75) is 6.54 Å². The average Bonchev–Trinajstić information content (AvgIpc) is 2.44. The van der Waals surface area contributed by atoms with Crippen molar-refractivity contribution in [1.82, 2.24) is 4.90 Å². The van der Waals surface area contributed by atoms with Gasteiger partial charge in [-0.2, -0.15) is 0 Å². The van der Waals surface area contributed by atoms with Crippen molar-refractivity contribution in [2.24, 2.45) is 5.73 Å². The Kier molecular flexibility index (Phi) is 7.00. The predicted octanol–water partition coefficient (Wildman–Crippen LogP) is 0.420. The van der Waals surface area contributed by atoms with Crippen LogP contribution in [-0.2, 0) is 11.3 Å². The molecule has 0 fully saturated rings. The highest BCUT2D eigenvalue weighted by Gasteiger charge is 2.10. The maximum Gasteiger partial charge on any atom is 0.130 e. The van der Waals surface area contributed by atoms with Crippen molar-refractivity contribution >= 4 is 5.84 Å². The van der Waals surface area contributed by atoms with Gasteiger partial charge in [0.05, 0.1) is 25.9 Å². The summed E-state index contributed by atoms with van der Waals surface area (Å²) in [6.07, 6.45) is 0. The van der Waals surface area contributed by atoms with Gasteiger partial charge in [0.15, 0.2) is 0 Å². The average molecular weight is 281 g/mol. The van der Waals surface area contributed by atoms with E-state index in [9.17, 15) is 0 Å². The summed E-state index contributed by atoms with van der Waals surface area (Å²) in [5.74, 6) is 0.575. The Balaban J connectivity index is 2.81. The minimum absolute atomic E-state index is 0.0139. The number of amidine groups is 1. The number of nitrogen functional groups attached to an aromatic ring is 1. The molecule has 0 aliphatic heterocycles. The van der Waals surface area contributed by atoms with Gasteiger partial charge < -0.3 is 20.3 Å². The molecule has 0 amide bonds. The Morgan fingerprint density at radius 2 is 2.10 bits per heavy atom. The molecule has 6 nitrogen and oxygen atoms in total. The van der Waals surface area contributed by atoms with Crippen molar-refractivity contribution < 1.29 is 14.6 Å². The van der Waals surface area contributed by atoms with Crippen LogP contribution in [0.5, 0.6) is 5.75 Å². The Hall–Kier alpha value is -1.63. The molecule has 0 radical (unpaired) electrons. The number of nitrogens with zero attached hydrogens (tertiary/aromatic N) is 1.